The maximum Gasteiger partial charge on any atom is 0.223 e. The number of carbonyl (C=O) groups is 1. The predicted octanol–water partition coefficient (Wildman–Crippen LogP) is 2.24. The molecule has 1 aromatic heterocycles. The first-order valence-electron chi connectivity index (χ1n) is 9.12. The largest absolute Gasteiger partial charge is 0.378 e. The van der Waals surface area contributed by atoms with E-state index in [1.54, 1.807) is 0 Å². The highest BCUT2D eigenvalue weighted by Crippen LogP contribution is 2.27. The molecule has 1 aromatic carbocycles. The van der Waals surface area contributed by atoms with Gasteiger partial charge in [-0.1, -0.05) is 0 Å². The van der Waals surface area contributed by atoms with Crippen LogP contribution in [0.25, 0.3) is 11.4 Å². The summed E-state index contributed by atoms with van der Waals surface area (Å²) in [6, 6.07) is 8.81. The molecular weight excluding hydrogens is 314 g/mol. The summed E-state index contributed by atoms with van der Waals surface area (Å²) in [5.41, 5.74) is 2.24. The Morgan fingerprint density at radius 2 is 1.88 bits per heavy atom. The van der Waals surface area contributed by atoms with Gasteiger partial charge >= 0.3 is 0 Å². The summed E-state index contributed by atoms with van der Waals surface area (Å²) in [6.45, 7) is 0.801. The van der Waals surface area contributed by atoms with Crippen LogP contribution in [0.3, 0.4) is 0 Å². The quantitative estimate of drug-likeness (QED) is 0.928. The smallest absolute Gasteiger partial charge is 0.223 e. The first-order chi connectivity index (χ1) is 12.1. The zero-order valence-corrected chi connectivity index (χ0v) is 14.9. The van der Waals surface area contributed by atoms with Gasteiger partial charge in [-0.15, -0.1) is 10.2 Å². The van der Waals surface area contributed by atoms with Gasteiger partial charge in [0.2, 0.25) is 5.91 Å². The minimum atomic E-state index is 0.0891. The Morgan fingerprint density at radius 3 is 2.56 bits per heavy atom. The van der Waals surface area contributed by atoms with Crippen LogP contribution in [0, 0.1) is 5.92 Å². The first kappa shape index (κ1) is 16.1. The van der Waals surface area contributed by atoms with Crippen molar-refractivity contribution in [1.82, 2.24) is 20.1 Å². The standard InChI is InChI=1S/C19H25N5O/c1-23(2)16-8-3-13(4-9-16)18-22-21-17-10-5-14(11-12-24(17)18)19(25)20-15-6-7-15/h3-4,8-9,14-15H,5-7,10-12H2,1-2H3,(H,20,25)/t14-/m1/s1. The molecule has 0 saturated heterocycles. The molecule has 1 saturated carbocycles. The maximum atomic E-state index is 12.4. The number of fused-ring (bicyclic) bond motifs is 1. The van der Waals surface area contributed by atoms with Crippen molar-refractivity contribution in [2.75, 3.05) is 19.0 Å². The second-order valence-corrected chi connectivity index (χ2v) is 7.34. The van der Waals surface area contributed by atoms with Gasteiger partial charge in [0.25, 0.3) is 0 Å². The molecule has 1 fully saturated rings. The van der Waals surface area contributed by atoms with Crippen LogP contribution in [0.5, 0.6) is 0 Å². The molecule has 25 heavy (non-hydrogen) atoms. The molecule has 0 unspecified atom stereocenters. The van der Waals surface area contributed by atoms with Gasteiger partial charge in [-0.05, 0) is 49.9 Å². The fourth-order valence-corrected chi connectivity index (χ4v) is 3.42. The van der Waals surface area contributed by atoms with Crippen molar-refractivity contribution < 1.29 is 4.79 Å². The number of carbonyl (C=O) groups excluding carboxylic acids is 1. The third-order valence-corrected chi connectivity index (χ3v) is 5.18. The number of aromatic nitrogens is 3. The molecule has 2 aliphatic rings. The molecule has 2 heterocycles. The Kier molecular flexibility index (Phi) is 4.19. The monoisotopic (exact) mass is 339 g/mol. The summed E-state index contributed by atoms with van der Waals surface area (Å²) in [5.74, 6) is 2.21. The van der Waals surface area contributed by atoms with Gasteiger partial charge in [0, 0.05) is 50.3 Å². The van der Waals surface area contributed by atoms with Crippen molar-refractivity contribution in [2.24, 2.45) is 5.92 Å². The van der Waals surface area contributed by atoms with Crippen molar-refractivity contribution in [3.8, 4) is 11.4 Å². The van der Waals surface area contributed by atoms with E-state index in [-0.39, 0.29) is 11.8 Å². The number of amides is 1. The predicted molar refractivity (Wildman–Crippen MR) is 97.4 cm³/mol. The van der Waals surface area contributed by atoms with Crippen LogP contribution in [0.1, 0.15) is 31.5 Å². The average Bonchev–Trinajstić information content (AvgIpc) is 3.37. The van der Waals surface area contributed by atoms with E-state index in [1.165, 1.54) is 0 Å². The molecule has 0 bridgehead atoms. The van der Waals surface area contributed by atoms with Crippen LogP contribution in [0.2, 0.25) is 0 Å². The molecule has 1 aliphatic carbocycles. The Bertz CT molecular complexity index is 761. The van der Waals surface area contributed by atoms with E-state index < -0.39 is 0 Å². The van der Waals surface area contributed by atoms with Crippen molar-refractivity contribution in [2.45, 2.75) is 44.7 Å². The lowest BCUT2D eigenvalue weighted by Crippen LogP contribution is -2.32. The molecule has 1 amide bonds. The SMILES string of the molecule is CN(C)c1ccc(-c2nnc3n2CC[C@H](C(=O)NC2CC2)CC3)cc1. The molecule has 1 atom stereocenters. The molecule has 6 heteroatoms. The van der Waals surface area contributed by atoms with E-state index in [2.05, 4.69) is 49.2 Å². The van der Waals surface area contributed by atoms with E-state index in [0.717, 1.165) is 61.5 Å². The topological polar surface area (TPSA) is 63.1 Å². The number of aryl methyl sites for hydroxylation is 1. The average molecular weight is 339 g/mol. The van der Waals surface area contributed by atoms with Crippen molar-refractivity contribution in [1.29, 1.82) is 0 Å². The van der Waals surface area contributed by atoms with Crippen LogP contribution in [0.4, 0.5) is 5.69 Å². The zero-order chi connectivity index (χ0) is 17.4. The number of benzene rings is 1. The molecule has 132 valence electrons. The van der Waals surface area contributed by atoms with E-state index in [4.69, 9.17) is 0 Å². The molecule has 6 nitrogen and oxygen atoms in total. The zero-order valence-electron chi connectivity index (χ0n) is 14.9. The highest BCUT2D eigenvalue weighted by Gasteiger charge is 2.29. The molecule has 0 radical (unpaired) electrons. The van der Waals surface area contributed by atoms with Crippen molar-refractivity contribution in [3.63, 3.8) is 0 Å². The Morgan fingerprint density at radius 1 is 1.12 bits per heavy atom. The lowest BCUT2D eigenvalue weighted by atomic mass is 9.99. The van der Waals surface area contributed by atoms with E-state index in [1.807, 2.05) is 14.1 Å². The van der Waals surface area contributed by atoms with E-state index >= 15 is 0 Å². The summed E-state index contributed by atoms with van der Waals surface area (Å²) in [4.78, 5) is 14.4. The summed E-state index contributed by atoms with van der Waals surface area (Å²) in [5, 5.41) is 11.9. The highest BCUT2D eigenvalue weighted by molar-refractivity contribution is 5.79. The summed E-state index contributed by atoms with van der Waals surface area (Å²) in [6.07, 6.45) is 4.79. The van der Waals surface area contributed by atoms with E-state index in [9.17, 15) is 4.79 Å². The lowest BCUT2D eigenvalue weighted by molar-refractivity contribution is -0.125. The van der Waals surface area contributed by atoms with Crippen LogP contribution in [-0.2, 0) is 17.8 Å². The maximum absolute atomic E-state index is 12.4. The number of anilines is 1. The second-order valence-electron chi connectivity index (χ2n) is 7.34. The van der Waals surface area contributed by atoms with E-state index in [0.29, 0.717) is 6.04 Å². The third-order valence-electron chi connectivity index (χ3n) is 5.18. The third kappa shape index (κ3) is 3.38. The minimum absolute atomic E-state index is 0.0891. The Balaban J connectivity index is 1.51. The molecule has 0 spiro atoms. The second kappa shape index (κ2) is 6.50. The van der Waals surface area contributed by atoms with Crippen LogP contribution in [0.15, 0.2) is 24.3 Å². The highest BCUT2D eigenvalue weighted by atomic mass is 16.2. The van der Waals surface area contributed by atoms with Crippen LogP contribution < -0.4 is 10.2 Å². The van der Waals surface area contributed by atoms with Gasteiger partial charge < -0.3 is 14.8 Å². The van der Waals surface area contributed by atoms with Crippen molar-refractivity contribution in [3.05, 3.63) is 30.1 Å². The van der Waals surface area contributed by atoms with Gasteiger partial charge in [-0.2, -0.15) is 0 Å². The first-order valence-corrected chi connectivity index (χ1v) is 9.12. The number of hydrogen-bond donors (Lipinski definition) is 1. The molecule has 1 N–H and O–H groups in total. The Hall–Kier alpha value is -2.37. The van der Waals surface area contributed by atoms with Crippen LogP contribution in [-0.4, -0.2) is 40.8 Å². The van der Waals surface area contributed by atoms with Crippen molar-refractivity contribution >= 4 is 11.6 Å². The number of rotatable bonds is 4. The lowest BCUT2D eigenvalue weighted by Gasteiger charge is -2.14. The molecular formula is C19H25N5O. The van der Waals surface area contributed by atoms with Gasteiger partial charge in [0.1, 0.15) is 5.82 Å². The molecule has 2 aromatic rings. The number of hydrogen-bond acceptors (Lipinski definition) is 4. The summed E-state index contributed by atoms with van der Waals surface area (Å²) >= 11 is 0. The molecule has 1 aliphatic heterocycles. The van der Waals surface area contributed by atoms with Crippen LogP contribution >= 0.6 is 0 Å². The van der Waals surface area contributed by atoms with Gasteiger partial charge in [-0.3, -0.25) is 4.79 Å². The van der Waals surface area contributed by atoms with Gasteiger partial charge in [-0.25, -0.2) is 0 Å². The Labute approximate surface area is 148 Å². The normalized spacial score (nSPS) is 19.8. The number of nitrogens with one attached hydrogen (secondary N) is 1. The van der Waals surface area contributed by atoms with Gasteiger partial charge in [0.15, 0.2) is 5.82 Å². The summed E-state index contributed by atoms with van der Waals surface area (Å²) in [7, 11) is 4.07. The number of nitrogens with zero attached hydrogens (tertiary/aromatic N) is 4. The molecule has 4 rings (SSSR count). The fourth-order valence-electron chi connectivity index (χ4n) is 3.42. The van der Waals surface area contributed by atoms with Gasteiger partial charge in [0.05, 0.1) is 0 Å². The summed E-state index contributed by atoms with van der Waals surface area (Å²) < 4.78 is 2.19. The minimum Gasteiger partial charge on any atom is -0.378 e. The fraction of sp³-hybridized carbons (Fsp3) is 0.526.